The van der Waals surface area contributed by atoms with E-state index >= 15 is 0 Å². The number of alkyl halides is 3. The molecular weight excluding hydrogens is 355 g/mol. The van der Waals surface area contributed by atoms with Crippen molar-refractivity contribution in [3.05, 3.63) is 51.5 Å². The highest BCUT2D eigenvalue weighted by molar-refractivity contribution is 5.38. The van der Waals surface area contributed by atoms with Crippen LogP contribution in [0, 0.1) is 6.92 Å². The van der Waals surface area contributed by atoms with Crippen molar-refractivity contribution in [2.45, 2.75) is 26.3 Å². The second-order valence-corrected chi connectivity index (χ2v) is 5.48. The van der Waals surface area contributed by atoms with E-state index < -0.39 is 17.4 Å². The molecule has 3 rings (SSSR count). The summed E-state index contributed by atoms with van der Waals surface area (Å²) in [5.41, 5.74) is -1.01. The Kier molecular flexibility index (Phi) is 4.49. The summed E-state index contributed by atoms with van der Waals surface area (Å²) < 4.78 is 45.8. The Labute approximate surface area is 144 Å². The third-order valence-electron chi connectivity index (χ3n) is 3.58. The fourth-order valence-corrected chi connectivity index (χ4v) is 2.21. The lowest BCUT2D eigenvalue weighted by Gasteiger charge is -2.14. The smallest absolute Gasteiger partial charge is 0.416 e. The van der Waals surface area contributed by atoms with E-state index in [4.69, 9.17) is 4.74 Å². The number of hydrogen-bond acceptors (Lipinski definition) is 6. The van der Waals surface area contributed by atoms with Crippen LogP contribution >= 0.6 is 0 Å². The van der Waals surface area contributed by atoms with E-state index in [9.17, 15) is 18.0 Å². The third kappa shape index (κ3) is 3.73. The molecule has 0 saturated carbocycles. The average molecular weight is 369 g/mol. The summed E-state index contributed by atoms with van der Waals surface area (Å²) in [4.78, 5) is 12.5. The molecular formula is C14H14F3N7O2. The van der Waals surface area contributed by atoms with Crippen molar-refractivity contribution in [3.63, 3.8) is 0 Å². The number of tetrazole rings is 1. The van der Waals surface area contributed by atoms with Crippen molar-refractivity contribution >= 4 is 0 Å². The molecule has 0 saturated heterocycles. The van der Waals surface area contributed by atoms with Crippen molar-refractivity contribution in [2.24, 2.45) is 7.05 Å². The zero-order valence-corrected chi connectivity index (χ0v) is 13.8. The lowest BCUT2D eigenvalue weighted by Crippen LogP contribution is -2.16. The van der Waals surface area contributed by atoms with E-state index in [0.717, 1.165) is 12.1 Å². The number of rotatable bonds is 5. The largest absolute Gasteiger partial charge is 0.485 e. The maximum Gasteiger partial charge on any atom is 0.416 e. The molecule has 0 aliphatic heterocycles. The molecule has 26 heavy (non-hydrogen) atoms. The van der Waals surface area contributed by atoms with Crippen molar-refractivity contribution in [1.82, 2.24) is 35.0 Å². The Morgan fingerprint density at radius 1 is 1.31 bits per heavy atom. The molecule has 2 heterocycles. The van der Waals surface area contributed by atoms with Crippen LogP contribution in [0.5, 0.6) is 5.75 Å². The van der Waals surface area contributed by atoms with E-state index in [1.165, 1.54) is 22.5 Å². The van der Waals surface area contributed by atoms with Gasteiger partial charge in [-0.15, -0.1) is 10.2 Å². The first-order valence-corrected chi connectivity index (χ1v) is 7.41. The van der Waals surface area contributed by atoms with Crippen LogP contribution in [0.15, 0.2) is 23.0 Å². The Balaban J connectivity index is 1.89. The Bertz CT molecular complexity index is 974. The number of aromatic nitrogens is 7. The Morgan fingerprint density at radius 2 is 2.08 bits per heavy atom. The van der Waals surface area contributed by atoms with Crippen molar-refractivity contribution in [1.29, 1.82) is 0 Å². The van der Waals surface area contributed by atoms with Crippen LogP contribution in [-0.4, -0.2) is 35.0 Å². The summed E-state index contributed by atoms with van der Waals surface area (Å²) in [7, 11) is 1.50. The Hall–Kier alpha value is -3.18. The number of H-pyrrole nitrogens is 1. The molecule has 0 radical (unpaired) electrons. The van der Waals surface area contributed by atoms with Gasteiger partial charge in [-0.3, -0.25) is 4.57 Å². The molecule has 9 nitrogen and oxygen atoms in total. The second kappa shape index (κ2) is 6.61. The SMILES string of the molecule is Cc1nnn(Cc2cc(C(F)(F)F)ccc2OCc2n[nH]c(=O)n2C)n1. The number of benzene rings is 1. The summed E-state index contributed by atoms with van der Waals surface area (Å²) in [5, 5.41) is 17.5. The lowest BCUT2D eigenvalue weighted by atomic mass is 10.1. The number of nitrogens with one attached hydrogen (secondary N) is 1. The second-order valence-electron chi connectivity index (χ2n) is 5.48. The summed E-state index contributed by atoms with van der Waals surface area (Å²) >= 11 is 0. The maximum atomic E-state index is 13.0. The van der Waals surface area contributed by atoms with E-state index in [-0.39, 0.29) is 24.5 Å². The van der Waals surface area contributed by atoms with E-state index in [0.29, 0.717) is 11.6 Å². The molecule has 138 valence electrons. The number of halogens is 3. The Morgan fingerprint density at radius 3 is 2.65 bits per heavy atom. The molecule has 12 heteroatoms. The van der Waals surface area contributed by atoms with Crippen molar-refractivity contribution in [2.75, 3.05) is 0 Å². The van der Waals surface area contributed by atoms with Gasteiger partial charge in [-0.2, -0.15) is 23.1 Å². The van der Waals surface area contributed by atoms with Crippen molar-refractivity contribution < 1.29 is 17.9 Å². The van der Waals surface area contributed by atoms with Gasteiger partial charge in [-0.05, 0) is 30.3 Å². The first kappa shape index (κ1) is 17.6. The molecule has 1 N–H and O–H groups in total. The molecule has 2 aromatic heterocycles. The number of aryl methyl sites for hydroxylation is 1. The highest BCUT2D eigenvalue weighted by Gasteiger charge is 2.31. The standard InChI is InChI=1S/C14H14F3N7O2/c1-8-18-22-24(21-8)6-9-5-10(14(15,16)17)3-4-11(9)26-7-12-19-20-13(25)23(12)2/h3-5H,6-7H2,1-2H3,(H,20,25). The van der Waals surface area contributed by atoms with Gasteiger partial charge in [-0.25, -0.2) is 9.89 Å². The molecule has 0 unspecified atom stereocenters. The van der Waals surface area contributed by atoms with Gasteiger partial charge >= 0.3 is 11.9 Å². The van der Waals surface area contributed by atoms with Gasteiger partial charge in [0.05, 0.1) is 12.1 Å². The number of aromatic amines is 1. The summed E-state index contributed by atoms with van der Waals surface area (Å²) in [6.45, 7) is 1.46. The monoisotopic (exact) mass is 369 g/mol. The maximum absolute atomic E-state index is 13.0. The minimum Gasteiger partial charge on any atom is -0.485 e. The van der Waals surface area contributed by atoms with Crippen LogP contribution in [0.1, 0.15) is 22.8 Å². The number of ether oxygens (including phenoxy) is 1. The van der Waals surface area contributed by atoms with Crippen LogP contribution in [-0.2, 0) is 26.4 Å². The van der Waals surface area contributed by atoms with E-state index in [2.05, 4.69) is 25.6 Å². The molecule has 0 atom stereocenters. The predicted octanol–water partition coefficient (Wildman–Crippen LogP) is 1.05. The third-order valence-corrected chi connectivity index (χ3v) is 3.58. The van der Waals surface area contributed by atoms with Gasteiger partial charge in [0.15, 0.2) is 11.6 Å². The van der Waals surface area contributed by atoms with Crippen LogP contribution < -0.4 is 10.4 Å². The van der Waals surface area contributed by atoms with Crippen LogP contribution in [0.25, 0.3) is 0 Å². The van der Waals surface area contributed by atoms with Gasteiger partial charge in [-0.1, -0.05) is 0 Å². The molecule has 0 spiro atoms. The number of hydrogen-bond donors (Lipinski definition) is 1. The summed E-state index contributed by atoms with van der Waals surface area (Å²) in [6, 6.07) is 3.10. The van der Waals surface area contributed by atoms with Gasteiger partial charge in [0.1, 0.15) is 12.4 Å². The first-order chi connectivity index (χ1) is 12.2. The zero-order valence-electron chi connectivity index (χ0n) is 13.8. The fourth-order valence-electron chi connectivity index (χ4n) is 2.21. The molecule has 3 aromatic rings. The van der Waals surface area contributed by atoms with E-state index in [1.54, 1.807) is 6.92 Å². The molecule has 0 bridgehead atoms. The zero-order chi connectivity index (χ0) is 18.9. The fraction of sp³-hybridized carbons (Fsp3) is 0.357. The lowest BCUT2D eigenvalue weighted by molar-refractivity contribution is -0.137. The van der Waals surface area contributed by atoms with E-state index in [1.807, 2.05) is 0 Å². The van der Waals surface area contributed by atoms with Crippen LogP contribution in [0.2, 0.25) is 0 Å². The molecule has 0 fully saturated rings. The molecule has 0 amide bonds. The molecule has 1 aromatic carbocycles. The minimum absolute atomic E-state index is 0.0560. The number of nitrogens with zero attached hydrogens (tertiary/aromatic N) is 6. The van der Waals surface area contributed by atoms with Gasteiger partial charge in [0, 0.05) is 12.6 Å². The molecule has 0 aliphatic carbocycles. The topological polar surface area (TPSA) is 104 Å². The van der Waals surface area contributed by atoms with Crippen LogP contribution in [0.4, 0.5) is 13.2 Å². The van der Waals surface area contributed by atoms with Gasteiger partial charge in [0.2, 0.25) is 0 Å². The highest BCUT2D eigenvalue weighted by Crippen LogP contribution is 2.33. The summed E-state index contributed by atoms with van der Waals surface area (Å²) in [6.07, 6.45) is -4.49. The van der Waals surface area contributed by atoms with Gasteiger partial charge in [0.25, 0.3) is 0 Å². The normalized spacial score (nSPS) is 11.7. The highest BCUT2D eigenvalue weighted by atomic mass is 19.4. The summed E-state index contributed by atoms with van der Waals surface area (Å²) in [5.74, 6) is 0.893. The minimum atomic E-state index is -4.49. The first-order valence-electron chi connectivity index (χ1n) is 7.41. The van der Waals surface area contributed by atoms with Crippen LogP contribution in [0.3, 0.4) is 0 Å². The quantitative estimate of drug-likeness (QED) is 0.721. The average Bonchev–Trinajstić information content (AvgIpc) is 3.12. The molecule has 0 aliphatic rings. The van der Waals surface area contributed by atoms with Crippen molar-refractivity contribution in [3.8, 4) is 5.75 Å². The van der Waals surface area contributed by atoms with Gasteiger partial charge < -0.3 is 4.74 Å². The predicted molar refractivity (Wildman–Crippen MR) is 81.3 cm³/mol.